The Morgan fingerprint density at radius 1 is 0.482 bits per heavy atom. The van der Waals surface area contributed by atoms with Gasteiger partial charge in [0.15, 0.2) is 0 Å². The fraction of sp³-hybridized carbons (Fsp3) is 0.660. The van der Waals surface area contributed by atoms with Gasteiger partial charge in [-0.25, -0.2) is 0 Å². The van der Waals surface area contributed by atoms with Crippen molar-refractivity contribution in [3.8, 4) is 0 Å². The van der Waals surface area contributed by atoms with E-state index in [1.54, 1.807) is 0 Å². The van der Waals surface area contributed by atoms with Crippen LogP contribution in [0, 0.1) is 0 Å². The lowest BCUT2D eigenvalue weighted by Crippen LogP contribution is -2.28. The SMILES string of the molecule is CC/C=C\C/C=C\C/C=C\C/C=C\CCC(CCCCCCCC(=O)NCC(=O)O)OC(=O)CCCCCCCC/C=C\C/C=C\C/C=C\CCCCCCC. The van der Waals surface area contributed by atoms with Crippen molar-refractivity contribution in [3.05, 3.63) is 85.1 Å². The average molecular weight is 778 g/mol. The van der Waals surface area contributed by atoms with E-state index in [1.165, 1.54) is 64.2 Å². The van der Waals surface area contributed by atoms with Crippen LogP contribution < -0.4 is 5.32 Å². The van der Waals surface area contributed by atoms with Gasteiger partial charge in [0.25, 0.3) is 0 Å². The molecule has 0 spiro atoms. The fourth-order valence-electron chi connectivity index (χ4n) is 6.22. The number of nitrogens with one attached hydrogen (secondary N) is 1. The summed E-state index contributed by atoms with van der Waals surface area (Å²) in [5, 5.41) is 11.1. The molecular weight excluding hydrogens is 695 g/mol. The fourth-order valence-corrected chi connectivity index (χ4v) is 6.22. The predicted molar refractivity (Wildman–Crippen MR) is 240 cm³/mol. The van der Waals surface area contributed by atoms with Gasteiger partial charge in [0.05, 0.1) is 0 Å². The number of aliphatic carboxylic acids is 1. The number of carboxylic acids is 1. The molecule has 2 N–H and O–H groups in total. The molecule has 6 nitrogen and oxygen atoms in total. The van der Waals surface area contributed by atoms with Crippen LogP contribution in [0.25, 0.3) is 0 Å². The van der Waals surface area contributed by atoms with Gasteiger partial charge in [-0.2, -0.15) is 0 Å². The van der Waals surface area contributed by atoms with Gasteiger partial charge in [-0.15, -0.1) is 0 Å². The van der Waals surface area contributed by atoms with Gasteiger partial charge in [-0.1, -0.05) is 170 Å². The highest BCUT2D eigenvalue weighted by Crippen LogP contribution is 2.17. The summed E-state index contributed by atoms with van der Waals surface area (Å²) in [5.41, 5.74) is 0. The molecule has 318 valence electrons. The minimum Gasteiger partial charge on any atom is -0.480 e. The lowest BCUT2D eigenvalue weighted by atomic mass is 10.0. The summed E-state index contributed by atoms with van der Waals surface area (Å²) in [4.78, 5) is 35.1. The maximum Gasteiger partial charge on any atom is 0.322 e. The Morgan fingerprint density at radius 2 is 0.911 bits per heavy atom. The molecule has 0 aromatic rings. The van der Waals surface area contributed by atoms with E-state index < -0.39 is 5.97 Å². The molecule has 0 saturated carbocycles. The first-order chi connectivity index (χ1) is 27.5. The molecular formula is C50H83NO5. The maximum atomic E-state index is 12.8. The number of amides is 1. The van der Waals surface area contributed by atoms with Gasteiger partial charge in [0.2, 0.25) is 5.91 Å². The zero-order chi connectivity index (χ0) is 40.8. The minimum atomic E-state index is -1.03. The number of ether oxygens (including phenoxy) is 1. The molecule has 1 atom stereocenters. The number of allylic oxidation sites excluding steroid dienone is 14. The van der Waals surface area contributed by atoms with Crippen LogP contribution in [0.1, 0.15) is 200 Å². The maximum absolute atomic E-state index is 12.8. The van der Waals surface area contributed by atoms with E-state index in [1.807, 2.05) is 0 Å². The van der Waals surface area contributed by atoms with E-state index >= 15 is 0 Å². The second kappa shape index (κ2) is 44.3. The van der Waals surface area contributed by atoms with E-state index in [2.05, 4.69) is 104 Å². The lowest BCUT2D eigenvalue weighted by molar-refractivity contribution is -0.150. The van der Waals surface area contributed by atoms with E-state index in [0.29, 0.717) is 12.8 Å². The minimum absolute atomic E-state index is 0.0633. The number of rotatable bonds is 40. The normalized spacial score (nSPS) is 12.9. The van der Waals surface area contributed by atoms with Crippen LogP contribution in [0.3, 0.4) is 0 Å². The highest BCUT2D eigenvalue weighted by Gasteiger charge is 2.14. The van der Waals surface area contributed by atoms with Crippen molar-refractivity contribution in [1.82, 2.24) is 5.32 Å². The summed E-state index contributed by atoms with van der Waals surface area (Å²) in [6.07, 6.45) is 61.4. The number of carbonyl (C=O) groups excluding carboxylic acids is 2. The van der Waals surface area contributed by atoms with Crippen molar-refractivity contribution in [2.24, 2.45) is 0 Å². The van der Waals surface area contributed by atoms with Crippen LogP contribution >= 0.6 is 0 Å². The highest BCUT2D eigenvalue weighted by molar-refractivity contribution is 5.80. The molecule has 1 unspecified atom stereocenters. The van der Waals surface area contributed by atoms with Crippen molar-refractivity contribution in [3.63, 3.8) is 0 Å². The van der Waals surface area contributed by atoms with Crippen LogP contribution in [0.15, 0.2) is 85.1 Å². The zero-order valence-electron chi connectivity index (χ0n) is 36.0. The van der Waals surface area contributed by atoms with Crippen LogP contribution in [0.5, 0.6) is 0 Å². The summed E-state index contributed by atoms with van der Waals surface area (Å²) in [5.74, 6) is -1.30. The van der Waals surface area contributed by atoms with E-state index in [-0.39, 0.29) is 24.5 Å². The molecule has 0 heterocycles. The van der Waals surface area contributed by atoms with Gasteiger partial charge in [0.1, 0.15) is 12.6 Å². The first-order valence-corrected chi connectivity index (χ1v) is 22.7. The second-order valence-corrected chi connectivity index (χ2v) is 14.9. The van der Waals surface area contributed by atoms with E-state index in [4.69, 9.17) is 9.84 Å². The van der Waals surface area contributed by atoms with E-state index in [9.17, 15) is 14.4 Å². The smallest absolute Gasteiger partial charge is 0.322 e. The third kappa shape index (κ3) is 43.3. The lowest BCUT2D eigenvalue weighted by Gasteiger charge is -2.17. The third-order valence-electron chi connectivity index (χ3n) is 9.56. The van der Waals surface area contributed by atoms with Crippen LogP contribution in [0.4, 0.5) is 0 Å². The Morgan fingerprint density at radius 3 is 1.43 bits per heavy atom. The largest absolute Gasteiger partial charge is 0.480 e. The van der Waals surface area contributed by atoms with Crippen molar-refractivity contribution in [1.29, 1.82) is 0 Å². The molecule has 0 rings (SSSR count). The monoisotopic (exact) mass is 778 g/mol. The Hall–Kier alpha value is -3.41. The van der Waals surface area contributed by atoms with Crippen molar-refractivity contribution in [2.75, 3.05) is 6.54 Å². The molecule has 1 amide bonds. The van der Waals surface area contributed by atoms with Gasteiger partial charge in [-0.05, 0) is 103 Å². The van der Waals surface area contributed by atoms with Gasteiger partial charge in [-0.3, -0.25) is 14.4 Å². The average Bonchev–Trinajstić information content (AvgIpc) is 3.18. The number of unbranched alkanes of at least 4 members (excludes halogenated alkanes) is 15. The molecule has 0 aliphatic heterocycles. The van der Waals surface area contributed by atoms with Crippen molar-refractivity contribution in [2.45, 2.75) is 206 Å². The highest BCUT2D eigenvalue weighted by atomic mass is 16.5. The number of carboxylic acid groups (broad SMARTS) is 1. The molecule has 0 bridgehead atoms. The molecule has 0 radical (unpaired) electrons. The van der Waals surface area contributed by atoms with Gasteiger partial charge in [0, 0.05) is 12.8 Å². The first kappa shape index (κ1) is 52.6. The predicted octanol–water partition coefficient (Wildman–Crippen LogP) is 14.3. The molecule has 0 aliphatic carbocycles. The van der Waals surface area contributed by atoms with Crippen molar-refractivity contribution < 1.29 is 24.2 Å². The van der Waals surface area contributed by atoms with Crippen LogP contribution in [0.2, 0.25) is 0 Å². The molecule has 0 fully saturated rings. The van der Waals surface area contributed by atoms with Crippen LogP contribution in [-0.2, 0) is 19.1 Å². The Labute approximate surface area is 344 Å². The topological polar surface area (TPSA) is 92.7 Å². The molecule has 0 aromatic carbocycles. The number of hydrogen-bond acceptors (Lipinski definition) is 4. The first-order valence-electron chi connectivity index (χ1n) is 22.7. The molecule has 56 heavy (non-hydrogen) atoms. The Balaban J connectivity index is 4.26. The van der Waals surface area contributed by atoms with Crippen molar-refractivity contribution >= 4 is 17.8 Å². The summed E-state index contributed by atoms with van der Waals surface area (Å²) in [6.45, 7) is 4.09. The molecule has 6 heteroatoms. The summed E-state index contributed by atoms with van der Waals surface area (Å²) in [7, 11) is 0. The molecule has 0 aromatic heterocycles. The van der Waals surface area contributed by atoms with Crippen LogP contribution in [-0.4, -0.2) is 35.6 Å². The Bertz CT molecular complexity index is 1130. The van der Waals surface area contributed by atoms with E-state index in [0.717, 1.165) is 109 Å². The Kier molecular flexibility index (Phi) is 41.6. The standard InChI is InChI=1S/C50H83NO5/c1-3-5-7-9-11-13-15-17-18-19-20-21-22-23-24-26-28-30-32-37-41-45-50(55)56-47(43-39-35-33-36-40-44-48(52)51-46-49(53)54)42-38-34-31-29-27-25-16-14-12-10-8-6-4-2/h6,8,12,14-15,17,19-20,22-23,25,27,31,34,47H,3-5,7,9-11,13,16,18,21,24,26,28-30,32-33,35-46H2,1-2H3,(H,51,52)(H,53,54)/b8-6-,14-12-,17-15-,20-19-,23-22-,27-25-,34-31-. The summed E-state index contributed by atoms with van der Waals surface area (Å²) >= 11 is 0. The van der Waals surface area contributed by atoms with Gasteiger partial charge < -0.3 is 15.2 Å². The molecule has 0 aliphatic rings. The number of carbonyl (C=O) groups is 3. The summed E-state index contributed by atoms with van der Waals surface area (Å²) < 4.78 is 5.99. The zero-order valence-corrected chi connectivity index (χ0v) is 36.0. The van der Waals surface area contributed by atoms with Gasteiger partial charge >= 0.3 is 11.9 Å². The summed E-state index contributed by atoms with van der Waals surface area (Å²) in [6, 6.07) is 0. The number of esters is 1. The quantitative estimate of drug-likeness (QED) is 0.0367. The second-order valence-electron chi connectivity index (χ2n) is 14.9. The molecule has 0 saturated heterocycles. The number of hydrogen-bond donors (Lipinski definition) is 2. The third-order valence-corrected chi connectivity index (χ3v) is 9.56.